The molecule has 2 aliphatic heterocycles. The molecule has 1 atom stereocenters. The fourth-order valence-electron chi connectivity index (χ4n) is 5.02. The van der Waals surface area contributed by atoms with E-state index in [1.54, 1.807) is 0 Å². The summed E-state index contributed by atoms with van der Waals surface area (Å²) in [5.74, 6) is -3.14. The molecule has 196 valence electrons. The van der Waals surface area contributed by atoms with Gasteiger partial charge in [-0.15, -0.1) is 0 Å². The number of alkyl halides is 3. The average molecular weight is 555 g/mol. The van der Waals surface area contributed by atoms with Gasteiger partial charge in [0.1, 0.15) is 6.17 Å². The number of benzene rings is 2. The Labute approximate surface area is 220 Å². The van der Waals surface area contributed by atoms with Crippen LogP contribution >= 0.6 is 23.2 Å². The Morgan fingerprint density at radius 3 is 2.62 bits per heavy atom. The summed E-state index contributed by atoms with van der Waals surface area (Å²) in [6.07, 6.45) is -2.21. The fourth-order valence-corrected chi connectivity index (χ4v) is 5.45. The smallest absolute Gasteiger partial charge is 0.361 e. The molecule has 1 fully saturated rings. The molecule has 1 amide bonds. The first kappa shape index (κ1) is 25.7. The van der Waals surface area contributed by atoms with Crippen molar-refractivity contribution in [2.45, 2.75) is 31.6 Å². The van der Waals surface area contributed by atoms with E-state index >= 15 is 0 Å². The van der Waals surface area contributed by atoms with Crippen LogP contribution in [0.4, 0.5) is 18.9 Å². The van der Waals surface area contributed by atoms with Crippen molar-refractivity contribution >= 4 is 51.7 Å². The number of nitrogens with zero attached hydrogens (tertiary/aromatic N) is 2. The number of H-pyrrole nitrogens is 1. The number of nitrogens with one attached hydrogen (secondary N) is 2. The fraction of sp³-hybridized carbons (Fsp3) is 0.360. The molecule has 2 aromatic carbocycles. The lowest BCUT2D eigenvalue weighted by Gasteiger charge is -2.43. The number of amides is 1. The van der Waals surface area contributed by atoms with Crippen LogP contribution < -0.4 is 10.4 Å². The number of carbonyl (C=O) groups excluding carboxylic acids is 2. The number of hydrogen-bond donors (Lipinski definition) is 2. The number of anilines is 1. The number of hydroxylamine groups is 1. The predicted octanol–water partition coefficient (Wildman–Crippen LogP) is 5.33. The quantitative estimate of drug-likeness (QED) is 0.446. The average Bonchev–Trinajstić information content (AvgIpc) is 3.26. The highest BCUT2D eigenvalue weighted by molar-refractivity contribution is 6.34. The van der Waals surface area contributed by atoms with Crippen molar-refractivity contribution in [1.29, 1.82) is 0 Å². The second kappa shape index (κ2) is 10.1. The maximum absolute atomic E-state index is 13.0. The van der Waals surface area contributed by atoms with Crippen molar-refractivity contribution in [1.82, 2.24) is 15.2 Å². The first-order valence-corrected chi connectivity index (χ1v) is 12.5. The molecule has 5 rings (SSSR count). The first-order chi connectivity index (χ1) is 17.6. The van der Waals surface area contributed by atoms with Crippen LogP contribution in [-0.2, 0) is 16.1 Å². The lowest BCUT2D eigenvalue weighted by molar-refractivity contribution is -0.203. The van der Waals surface area contributed by atoms with Crippen molar-refractivity contribution in [3.05, 3.63) is 63.8 Å². The number of hydrogen-bond acceptors (Lipinski definition) is 5. The Balaban J connectivity index is 1.28. The van der Waals surface area contributed by atoms with Gasteiger partial charge in [0.2, 0.25) is 0 Å². The summed E-state index contributed by atoms with van der Waals surface area (Å²) >= 11 is 12.3. The van der Waals surface area contributed by atoms with E-state index in [9.17, 15) is 22.8 Å². The van der Waals surface area contributed by atoms with Gasteiger partial charge < -0.3 is 20.0 Å². The Kier molecular flexibility index (Phi) is 6.99. The molecule has 0 bridgehead atoms. The zero-order valence-corrected chi connectivity index (χ0v) is 21.0. The van der Waals surface area contributed by atoms with Crippen LogP contribution in [0.5, 0.6) is 0 Å². The maximum atomic E-state index is 13.0. The Hall–Kier alpha value is -2.95. The van der Waals surface area contributed by atoms with Crippen molar-refractivity contribution in [3.63, 3.8) is 0 Å². The monoisotopic (exact) mass is 554 g/mol. The first-order valence-electron chi connectivity index (χ1n) is 11.8. The van der Waals surface area contributed by atoms with Gasteiger partial charge in [0.15, 0.2) is 0 Å². The molecule has 2 N–H and O–H groups in total. The molecular weight excluding hydrogens is 532 g/mol. The molecule has 2 aliphatic rings. The van der Waals surface area contributed by atoms with Crippen molar-refractivity contribution in [2.24, 2.45) is 5.92 Å². The summed E-state index contributed by atoms with van der Waals surface area (Å²) in [7, 11) is 0. The zero-order valence-electron chi connectivity index (χ0n) is 19.4. The van der Waals surface area contributed by atoms with Crippen LogP contribution in [0.25, 0.3) is 10.9 Å². The SMILES string of the molecule is O=C1NC(C2CCN(CCc3c[nH]c4ccc(Cl)cc34)CC2)N(OC(=O)C(F)(F)F)c2cccc(Cl)c21. The summed E-state index contributed by atoms with van der Waals surface area (Å²) in [6.45, 7) is 2.13. The van der Waals surface area contributed by atoms with E-state index in [4.69, 9.17) is 28.0 Å². The number of aromatic nitrogens is 1. The molecule has 0 aliphatic carbocycles. The Morgan fingerprint density at radius 1 is 1.14 bits per heavy atom. The largest absolute Gasteiger partial charge is 0.493 e. The van der Waals surface area contributed by atoms with Gasteiger partial charge in [-0.25, -0.2) is 4.79 Å². The van der Waals surface area contributed by atoms with Gasteiger partial charge in [-0.3, -0.25) is 4.79 Å². The van der Waals surface area contributed by atoms with Crippen molar-refractivity contribution < 1.29 is 27.6 Å². The van der Waals surface area contributed by atoms with Crippen LogP contribution in [0.1, 0.15) is 28.8 Å². The topological polar surface area (TPSA) is 77.7 Å². The highest BCUT2D eigenvalue weighted by atomic mass is 35.5. The molecule has 3 heterocycles. The molecule has 3 aromatic rings. The summed E-state index contributed by atoms with van der Waals surface area (Å²) < 4.78 is 39.1. The van der Waals surface area contributed by atoms with Gasteiger partial charge in [-0.2, -0.15) is 18.2 Å². The molecule has 37 heavy (non-hydrogen) atoms. The van der Waals surface area contributed by atoms with Crippen LogP contribution in [-0.4, -0.2) is 53.7 Å². The highest BCUT2D eigenvalue weighted by Gasteiger charge is 2.47. The van der Waals surface area contributed by atoms with Crippen LogP contribution in [0, 0.1) is 5.92 Å². The Bertz CT molecular complexity index is 1340. The van der Waals surface area contributed by atoms with E-state index in [1.807, 2.05) is 24.4 Å². The van der Waals surface area contributed by atoms with E-state index in [0.29, 0.717) is 31.0 Å². The molecule has 12 heteroatoms. The second-order valence-electron chi connectivity index (χ2n) is 9.19. The molecule has 7 nitrogen and oxygen atoms in total. The van der Waals surface area contributed by atoms with Gasteiger partial charge in [-0.1, -0.05) is 29.3 Å². The lowest BCUT2D eigenvalue weighted by Crippen LogP contribution is -2.59. The van der Waals surface area contributed by atoms with E-state index in [0.717, 1.165) is 34.5 Å². The van der Waals surface area contributed by atoms with E-state index in [2.05, 4.69) is 15.2 Å². The molecule has 1 unspecified atom stereocenters. The number of halogens is 5. The standard InChI is InChI=1S/C25H23Cl2F3N4O3/c26-16-4-5-19-17(12-16)15(13-31-19)8-11-33-9-6-14(7-10-33)22-32-23(35)21-18(27)2-1-3-20(21)34(22)37-24(36)25(28,29)30/h1-5,12-14,22,31H,6-11H2,(H,32,35). The van der Waals surface area contributed by atoms with Crippen LogP contribution in [0.2, 0.25) is 10.0 Å². The minimum atomic E-state index is -5.19. The van der Waals surface area contributed by atoms with Crippen molar-refractivity contribution in [2.75, 3.05) is 24.7 Å². The lowest BCUT2D eigenvalue weighted by atomic mass is 9.91. The third-order valence-corrected chi connectivity index (χ3v) is 7.46. The molecule has 0 saturated carbocycles. The minimum Gasteiger partial charge on any atom is -0.361 e. The van der Waals surface area contributed by atoms with Gasteiger partial charge in [0.25, 0.3) is 5.91 Å². The number of rotatable bonds is 5. The third-order valence-electron chi connectivity index (χ3n) is 6.91. The van der Waals surface area contributed by atoms with E-state index < -0.39 is 24.2 Å². The molecule has 0 radical (unpaired) electrons. The summed E-state index contributed by atoms with van der Waals surface area (Å²) in [6, 6.07) is 10.1. The highest BCUT2D eigenvalue weighted by Crippen LogP contribution is 2.37. The number of carbonyl (C=O) groups is 2. The van der Waals surface area contributed by atoms with Crippen molar-refractivity contribution in [3.8, 4) is 0 Å². The predicted molar refractivity (Wildman–Crippen MR) is 134 cm³/mol. The molecular formula is C25H23Cl2F3N4O3. The van der Waals surface area contributed by atoms with Gasteiger partial charge in [0.05, 0.1) is 16.3 Å². The normalized spacial score (nSPS) is 19.1. The maximum Gasteiger partial charge on any atom is 0.493 e. The van der Waals surface area contributed by atoms with Gasteiger partial charge in [-0.05, 0) is 68.2 Å². The molecule has 1 aromatic heterocycles. The summed E-state index contributed by atoms with van der Waals surface area (Å²) in [5, 5.41) is 5.36. The van der Waals surface area contributed by atoms with Crippen LogP contribution in [0.15, 0.2) is 42.6 Å². The van der Waals surface area contributed by atoms with E-state index in [-0.39, 0.29) is 22.2 Å². The molecule has 1 saturated heterocycles. The second-order valence-corrected chi connectivity index (χ2v) is 10.0. The molecule has 0 spiro atoms. The minimum absolute atomic E-state index is 0.0271. The number of likely N-dealkylation sites (tertiary alicyclic amines) is 1. The third kappa shape index (κ3) is 5.23. The number of fused-ring (bicyclic) bond motifs is 2. The zero-order chi connectivity index (χ0) is 26.3. The van der Waals surface area contributed by atoms with E-state index in [1.165, 1.54) is 18.2 Å². The Morgan fingerprint density at radius 2 is 1.89 bits per heavy atom. The summed E-state index contributed by atoms with van der Waals surface area (Å²) in [4.78, 5) is 34.9. The number of aromatic amines is 1. The summed E-state index contributed by atoms with van der Waals surface area (Å²) in [5.41, 5.74) is 2.16. The van der Waals surface area contributed by atoms with Crippen LogP contribution in [0.3, 0.4) is 0 Å². The van der Waals surface area contributed by atoms with Gasteiger partial charge >= 0.3 is 12.1 Å². The van der Waals surface area contributed by atoms with Gasteiger partial charge in [0, 0.05) is 34.6 Å². The number of piperidine rings is 1.